The average Bonchev–Trinajstić information content (AvgIpc) is 3.49. The lowest BCUT2D eigenvalue weighted by molar-refractivity contribution is -0.282. The molecule has 0 aromatic heterocycles. The van der Waals surface area contributed by atoms with Crippen molar-refractivity contribution in [3.63, 3.8) is 0 Å². The van der Waals surface area contributed by atoms with Gasteiger partial charge in [0.2, 0.25) is 17.7 Å². The highest BCUT2D eigenvalue weighted by atomic mass is 31.2. The standard InChI is InChI=1S/C46H87N3O28P2.C2H6.CH4/c1-29-38(57)41(60)32(26-51)75-44(29)68-18-5-8-35(54)47(11-17-50)13-22-71-78(63,64)73-24-15-49(37(56)10-7-20-70-46-31(3)40(59)43(62)34(28-53)77-46)16-25-74-79(65,66)72-23-14-48(12-21-67-4)36(55)9-6-19-69-45-30(2)39(58)42(61)33(27-52)76-45;1-2;/h29-34,38-46,50-53,57-62H,5-28H2,1-4H3,(H,63,64)(H,65,66);1-2H3;1H4/t29?,30?,31?,32?,33?,34?,38-,39-,40-,41+,42+,43+,44-,45-,46-;;/m1../s1. The Morgan fingerprint density at radius 1 is 0.439 bits per heavy atom. The summed E-state index contributed by atoms with van der Waals surface area (Å²) in [6.07, 6.45) is -13.8. The number of amides is 3. The van der Waals surface area contributed by atoms with E-state index in [0.29, 0.717) is 0 Å². The minimum atomic E-state index is -4.85. The summed E-state index contributed by atoms with van der Waals surface area (Å²) in [5.41, 5.74) is 0. The summed E-state index contributed by atoms with van der Waals surface area (Å²) in [5.74, 6) is -3.44. The third-order valence-corrected chi connectivity index (χ3v) is 15.5. The normalized spacial score (nSPS) is 29.8. The number of nitrogens with zero attached hydrogens (tertiary/aromatic N) is 3. The van der Waals surface area contributed by atoms with Gasteiger partial charge in [-0.15, -0.1) is 0 Å². The molecule has 0 bridgehead atoms. The van der Waals surface area contributed by atoms with Crippen molar-refractivity contribution in [3.05, 3.63) is 0 Å². The number of aliphatic hydroxyl groups excluding tert-OH is 10. The number of aliphatic hydroxyl groups is 10. The van der Waals surface area contributed by atoms with E-state index in [-0.39, 0.29) is 118 Å². The van der Waals surface area contributed by atoms with Crippen LogP contribution in [0.2, 0.25) is 0 Å². The van der Waals surface area contributed by atoms with Gasteiger partial charge in [0.25, 0.3) is 0 Å². The van der Waals surface area contributed by atoms with Gasteiger partial charge in [-0.3, -0.25) is 32.5 Å². The Morgan fingerprint density at radius 3 is 0.939 bits per heavy atom. The molecule has 33 heteroatoms. The van der Waals surface area contributed by atoms with Gasteiger partial charge in [-0.2, -0.15) is 0 Å². The molecule has 17 atom stereocenters. The van der Waals surface area contributed by atoms with Gasteiger partial charge in [-0.05, 0) is 19.3 Å². The van der Waals surface area contributed by atoms with E-state index in [4.69, 9.17) is 51.3 Å². The molecule has 0 aliphatic carbocycles. The van der Waals surface area contributed by atoms with Crippen LogP contribution in [-0.4, -0.2) is 293 Å². The summed E-state index contributed by atoms with van der Waals surface area (Å²) < 4.78 is 85.0. The molecule has 486 valence electrons. The van der Waals surface area contributed by atoms with E-state index in [2.05, 4.69) is 0 Å². The zero-order valence-corrected chi connectivity index (χ0v) is 49.1. The third-order valence-electron chi connectivity index (χ3n) is 13.5. The Balaban J connectivity index is 0.0000111. The fourth-order valence-corrected chi connectivity index (χ4v) is 9.92. The van der Waals surface area contributed by atoms with E-state index in [1.54, 1.807) is 20.8 Å². The lowest BCUT2D eigenvalue weighted by Crippen LogP contribution is -2.55. The van der Waals surface area contributed by atoms with Crippen LogP contribution >= 0.6 is 15.6 Å². The fraction of sp³-hybridized carbons (Fsp3) is 0.939. The monoisotopic (exact) mass is 1240 g/mol. The van der Waals surface area contributed by atoms with E-state index in [1.807, 2.05) is 13.8 Å². The molecule has 0 aromatic rings. The summed E-state index contributed by atoms with van der Waals surface area (Å²) in [4.78, 5) is 64.2. The molecular weight excluding hydrogens is 1140 g/mol. The lowest BCUT2D eigenvalue weighted by Gasteiger charge is -2.40. The van der Waals surface area contributed by atoms with Gasteiger partial charge < -0.3 is 109 Å². The molecule has 0 saturated carbocycles. The van der Waals surface area contributed by atoms with Crippen molar-refractivity contribution in [3.8, 4) is 0 Å². The Kier molecular flexibility index (Phi) is 39.1. The van der Waals surface area contributed by atoms with Crippen LogP contribution in [0.25, 0.3) is 0 Å². The quantitative estimate of drug-likeness (QED) is 0.0227. The van der Waals surface area contributed by atoms with E-state index >= 15 is 0 Å². The van der Waals surface area contributed by atoms with Gasteiger partial charge in [0.05, 0.1) is 97.6 Å². The summed E-state index contributed by atoms with van der Waals surface area (Å²) in [6.45, 7) is 3.15. The van der Waals surface area contributed by atoms with Crippen LogP contribution < -0.4 is 0 Å². The van der Waals surface area contributed by atoms with E-state index in [0.717, 1.165) is 4.90 Å². The van der Waals surface area contributed by atoms with Gasteiger partial charge in [-0.1, -0.05) is 42.0 Å². The number of phosphoric ester groups is 2. The zero-order valence-electron chi connectivity index (χ0n) is 47.3. The van der Waals surface area contributed by atoms with Crippen LogP contribution in [0.15, 0.2) is 0 Å². The molecule has 82 heavy (non-hydrogen) atoms. The predicted molar refractivity (Wildman–Crippen MR) is 287 cm³/mol. The van der Waals surface area contributed by atoms with Crippen LogP contribution in [0.5, 0.6) is 0 Å². The smallest absolute Gasteiger partial charge is 0.395 e. The highest BCUT2D eigenvalue weighted by molar-refractivity contribution is 7.47. The molecule has 3 fully saturated rings. The molecule has 0 radical (unpaired) electrons. The Morgan fingerprint density at radius 2 is 0.695 bits per heavy atom. The molecule has 3 rings (SSSR count). The van der Waals surface area contributed by atoms with Crippen LogP contribution in [-0.2, 0) is 74.8 Å². The van der Waals surface area contributed by atoms with Crippen molar-refractivity contribution in [2.45, 2.75) is 154 Å². The topological polar surface area (TPSA) is 439 Å². The maximum atomic E-state index is 13.5. The molecule has 3 heterocycles. The molecule has 0 aromatic carbocycles. The summed E-state index contributed by atoms with van der Waals surface area (Å²) >= 11 is 0. The molecule has 3 aliphatic heterocycles. The third kappa shape index (κ3) is 26.5. The first-order chi connectivity index (χ1) is 38.5. The molecule has 3 aliphatic rings. The minimum Gasteiger partial charge on any atom is -0.395 e. The van der Waals surface area contributed by atoms with Crippen LogP contribution in [0.4, 0.5) is 0 Å². The molecule has 31 nitrogen and oxygen atoms in total. The molecule has 0 spiro atoms. The number of carbonyl (C=O) groups is 3. The Hall–Kier alpha value is -2.05. The van der Waals surface area contributed by atoms with Crippen LogP contribution in [0, 0.1) is 17.8 Å². The van der Waals surface area contributed by atoms with Crippen molar-refractivity contribution < 1.29 is 136 Å². The summed E-state index contributed by atoms with van der Waals surface area (Å²) in [6, 6.07) is 0. The number of hydrogen-bond donors (Lipinski definition) is 12. The van der Waals surface area contributed by atoms with Gasteiger partial charge in [0.1, 0.15) is 36.6 Å². The number of hydrogen-bond acceptors (Lipinski definition) is 26. The van der Waals surface area contributed by atoms with Crippen molar-refractivity contribution in [1.82, 2.24) is 14.7 Å². The van der Waals surface area contributed by atoms with Crippen molar-refractivity contribution in [1.29, 1.82) is 0 Å². The fourth-order valence-electron chi connectivity index (χ4n) is 8.52. The Labute approximate surface area is 480 Å². The number of ether oxygens (including phenoxy) is 7. The number of carbonyl (C=O) groups excluding carboxylic acids is 3. The van der Waals surface area contributed by atoms with Crippen LogP contribution in [0.1, 0.15) is 80.6 Å². The zero-order chi connectivity index (χ0) is 60.9. The second kappa shape index (κ2) is 41.2. The molecule has 8 unspecified atom stereocenters. The van der Waals surface area contributed by atoms with E-state index in [9.17, 15) is 84.4 Å². The number of rotatable bonds is 39. The Bertz CT molecular complexity index is 1850. The average molecular weight is 1240 g/mol. The molecule has 3 amide bonds. The summed E-state index contributed by atoms with van der Waals surface area (Å²) in [5, 5.41) is 99.2. The first-order valence-corrected chi connectivity index (χ1v) is 30.3. The van der Waals surface area contributed by atoms with Crippen molar-refractivity contribution in [2.24, 2.45) is 17.8 Å². The molecular formula is C49H97N3O28P2. The number of methoxy groups -OCH3 is 1. The maximum Gasteiger partial charge on any atom is 0.472 e. The first kappa shape index (κ1) is 78.0. The van der Waals surface area contributed by atoms with E-state index < -0.39 is 172 Å². The highest BCUT2D eigenvalue weighted by Gasteiger charge is 2.45. The lowest BCUT2D eigenvalue weighted by atomic mass is 9.92. The maximum absolute atomic E-state index is 13.5. The van der Waals surface area contributed by atoms with Gasteiger partial charge in [0.15, 0.2) is 18.9 Å². The van der Waals surface area contributed by atoms with Crippen molar-refractivity contribution >= 4 is 33.4 Å². The van der Waals surface area contributed by atoms with Crippen molar-refractivity contribution in [2.75, 3.05) is 126 Å². The minimum absolute atomic E-state index is 0. The van der Waals surface area contributed by atoms with Gasteiger partial charge in [-0.25, -0.2) is 9.13 Å². The van der Waals surface area contributed by atoms with Gasteiger partial charge >= 0.3 is 15.6 Å². The largest absolute Gasteiger partial charge is 0.472 e. The second-order valence-corrected chi connectivity index (χ2v) is 22.2. The second-order valence-electron chi connectivity index (χ2n) is 19.2. The predicted octanol–water partition coefficient (Wildman–Crippen LogP) is -2.34. The molecule has 12 N–H and O–H groups in total. The van der Waals surface area contributed by atoms with Crippen LogP contribution in [0.3, 0.4) is 0 Å². The first-order valence-electron chi connectivity index (χ1n) is 27.3. The highest BCUT2D eigenvalue weighted by Crippen LogP contribution is 2.44. The van der Waals surface area contributed by atoms with E-state index in [1.165, 1.54) is 16.9 Å². The number of phosphoric acid groups is 2. The van der Waals surface area contributed by atoms with Gasteiger partial charge in [0, 0.05) is 83.4 Å². The SMILES string of the molecule is C.CC.COCCN(CCOP(=O)(O)OCCN(CCOP(=O)(O)OCCN(CCO)C(=O)CCCO[C@@H]1OC(CO)[C@H](O)[C@H](O)C1C)C(=O)CCCO[C@@H]1OC(CO)[C@H](O)[C@H](O)C1C)C(=O)CCCO[C@@H]1OC(CO)[C@H](O)[C@H](O)C1C. The molecule has 3 saturated heterocycles. The summed E-state index contributed by atoms with van der Waals surface area (Å²) in [7, 11) is -8.27.